The van der Waals surface area contributed by atoms with E-state index >= 15 is 0 Å². The Morgan fingerprint density at radius 2 is 2.00 bits per heavy atom. The zero-order valence-corrected chi connectivity index (χ0v) is 8.82. The minimum absolute atomic E-state index is 0.322. The summed E-state index contributed by atoms with van der Waals surface area (Å²) in [5.41, 5.74) is 5.59. The maximum absolute atomic E-state index is 12.2. The number of hydrogen-bond donors (Lipinski definition) is 1. The highest BCUT2D eigenvalue weighted by Crippen LogP contribution is 2.28. The molecule has 0 bridgehead atoms. The van der Waals surface area contributed by atoms with Gasteiger partial charge in [-0.25, -0.2) is 8.78 Å². The van der Waals surface area contributed by atoms with Gasteiger partial charge in [0.1, 0.15) is 0 Å². The molecular formula is C8H7BrClF2N. The minimum atomic E-state index is -2.59. The van der Waals surface area contributed by atoms with Gasteiger partial charge < -0.3 is 5.73 Å². The molecule has 0 aliphatic heterocycles. The number of hydrogen-bond acceptors (Lipinski definition) is 1. The first-order chi connectivity index (χ1) is 6.02. The highest BCUT2D eigenvalue weighted by Gasteiger charge is 2.19. The molecule has 0 amide bonds. The van der Waals surface area contributed by atoms with Crippen LogP contribution in [0.15, 0.2) is 22.7 Å². The van der Waals surface area contributed by atoms with E-state index in [0.29, 0.717) is 15.1 Å². The maximum Gasteiger partial charge on any atom is 0.257 e. The normalized spacial score (nSPS) is 13.4. The third-order valence-electron chi connectivity index (χ3n) is 1.59. The summed E-state index contributed by atoms with van der Waals surface area (Å²) in [6.07, 6.45) is -2.59. The van der Waals surface area contributed by atoms with Gasteiger partial charge in [-0.3, -0.25) is 0 Å². The fourth-order valence-electron chi connectivity index (χ4n) is 0.906. The van der Waals surface area contributed by atoms with Crippen LogP contribution in [0.3, 0.4) is 0 Å². The number of nitrogens with two attached hydrogens (primary N) is 1. The lowest BCUT2D eigenvalue weighted by Gasteiger charge is -2.12. The molecule has 0 aliphatic carbocycles. The van der Waals surface area contributed by atoms with E-state index in [4.69, 9.17) is 17.3 Å². The molecule has 0 saturated carbocycles. The fourth-order valence-corrected chi connectivity index (χ4v) is 1.60. The quantitative estimate of drug-likeness (QED) is 0.876. The Kier molecular flexibility index (Phi) is 3.64. The number of rotatable bonds is 2. The second-order valence-corrected chi connectivity index (χ2v) is 3.82. The van der Waals surface area contributed by atoms with Crippen molar-refractivity contribution in [3.05, 3.63) is 33.3 Å². The molecule has 1 rings (SSSR count). The Morgan fingerprint density at radius 1 is 1.38 bits per heavy atom. The van der Waals surface area contributed by atoms with Gasteiger partial charge >= 0.3 is 0 Å². The van der Waals surface area contributed by atoms with Crippen molar-refractivity contribution in [2.45, 2.75) is 12.5 Å². The molecule has 13 heavy (non-hydrogen) atoms. The number of halogens is 4. The first-order valence-electron chi connectivity index (χ1n) is 3.51. The van der Waals surface area contributed by atoms with Crippen LogP contribution in [0, 0.1) is 0 Å². The Hall–Kier alpha value is -0.190. The van der Waals surface area contributed by atoms with Gasteiger partial charge in [-0.1, -0.05) is 27.5 Å². The molecule has 0 aliphatic rings. The van der Waals surface area contributed by atoms with Gasteiger partial charge in [-0.05, 0) is 23.8 Å². The molecule has 1 atom stereocenters. The lowest BCUT2D eigenvalue weighted by Crippen LogP contribution is -2.19. The lowest BCUT2D eigenvalue weighted by molar-refractivity contribution is 0.116. The van der Waals surface area contributed by atoms with Gasteiger partial charge in [0.2, 0.25) is 0 Å². The van der Waals surface area contributed by atoms with E-state index in [2.05, 4.69) is 15.9 Å². The molecule has 0 unspecified atom stereocenters. The first-order valence-corrected chi connectivity index (χ1v) is 4.68. The standard InChI is InChI=1S/C8H7BrClF2N/c9-6-2-1-4(10)3-5(6)7(13)8(11)12/h1-3,7-8H,13H2/t7-/m1/s1. The van der Waals surface area contributed by atoms with E-state index in [-0.39, 0.29) is 0 Å². The van der Waals surface area contributed by atoms with Crippen LogP contribution in [-0.4, -0.2) is 6.43 Å². The lowest BCUT2D eigenvalue weighted by atomic mass is 10.1. The molecule has 1 aromatic rings. The average molecular weight is 271 g/mol. The van der Waals surface area contributed by atoms with Crippen LogP contribution in [0.2, 0.25) is 5.02 Å². The average Bonchev–Trinajstić information content (AvgIpc) is 2.08. The molecule has 1 nitrogen and oxygen atoms in total. The van der Waals surface area contributed by atoms with Crippen LogP contribution >= 0.6 is 27.5 Å². The van der Waals surface area contributed by atoms with Crippen LogP contribution in [0.1, 0.15) is 11.6 Å². The molecule has 1 aromatic carbocycles. The van der Waals surface area contributed by atoms with Crippen molar-refractivity contribution in [3.63, 3.8) is 0 Å². The molecular weight excluding hydrogens is 263 g/mol. The summed E-state index contributed by atoms with van der Waals surface area (Å²) in [6.45, 7) is 0. The van der Waals surface area contributed by atoms with Gasteiger partial charge in [-0.15, -0.1) is 0 Å². The molecule has 0 heterocycles. The summed E-state index contributed by atoms with van der Waals surface area (Å²) >= 11 is 8.77. The predicted molar refractivity (Wildman–Crippen MR) is 52.1 cm³/mol. The molecule has 0 spiro atoms. The second-order valence-electron chi connectivity index (χ2n) is 2.53. The minimum Gasteiger partial charge on any atom is -0.319 e. The van der Waals surface area contributed by atoms with Crippen molar-refractivity contribution in [3.8, 4) is 0 Å². The predicted octanol–water partition coefficient (Wildman–Crippen LogP) is 3.37. The summed E-state index contributed by atoms with van der Waals surface area (Å²) in [6, 6.07) is 3.34. The second kappa shape index (κ2) is 4.35. The van der Waals surface area contributed by atoms with Gasteiger partial charge in [0.05, 0.1) is 6.04 Å². The third-order valence-corrected chi connectivity index (χ3v) is 2.55. The van der Waals surface area contributed by atoms with Crippen molar-refractivity contribution in [2.75, 3.05) is 0 Å². The Labute approximate surface area is 88.0 Å². The highest BCUT2D eigenvalue weighted by molar-refractivity contribution is 9.10. The SMILES string of the molecule is N[C@H](c1cc(Cl)ccc1Br)C(F)F. The largest absolute Gasteiger partial charge is 0.319 e. The molecule has 72 valence electrons. The zero-order chi connectivity index (χ0) is 10.0. The molecule has 0 radical (unpaired) electrons. The Balaban J connectivity index is 3.05. The monoisotopic (exact) mass is 269 g/mol. The van der Waals surface area contributed by atoms with Crippen molar-refractivity contribution in [1.29, 1.82) is 0 Å². The van der Waals surface area contributed by atoms with Crippen LogP contribution in [-0.2, 0) is 0 Å². The van der Waals surface area contributed by atoms with E-state index in [1.54, 1.807) is 12.1 Å². The summed E-state index contributed by atoms with van der Waals surface area (Å²) in [7, 11) is 0. The van der Waals surface area contributed by atoms with Crippen LogP contribution in [0.5, 0.6) is 0 Å². The summed E-state index contributed by atoms with van der Waals surface area (Å²) in [5, 5.41) is 0.398. The van der Waals surface area contributed by atoms with E-state index in [1.165, 1.54) is 6.07 Å². The summed E-state index contributed by atoms with van der Waals surface area (Å²) in [5.74, 6) is 0. The van der Waals surface area contributed by atoms with Crippen molar-refractivity contribution >= 4 is 27.5 Å². The van der Waals surface area contributed by atoms with Crippen molar-refractivity contribution in [2.24, 2.45) is 5.73 Å². The topological polar surface area (TPSA) is 26.0 Å². The third kappa shape index (κ3) is 2.62. The smallest absolute Gasteiger partial charge is 0.257 e. The summed E-state index contributed by atoms with van der Waals surface area (Å²) in [4.78, 5) is 0. The van der Waals surface area contributed by atoms with Gasteiger partial charge in [0, 0.05) is 9.50 Å². The van der Waals surface area contributed by atoms with Crippen LogP contribution in [0.4, 0.5) is 8.78 Å². The molecule has 0 aromatic heterocycles. The number of alkyl halides is 2. The van der Waals surface area contributed by atoms with Gasteiger partial charge in [0.25, 0.3) is 6.43 Å². The Morgan fingerprint density at radius 3 is 2.54 bits per heavy atom. The van der Waals surface area contributed by atoms with Crippen LogP contribution < -0.4 is 5.73 Å². The number of benzene rings is 1. The van der Waals surface area contributed by atoms with Crippen LogP contribution in [0.25, 0.3) is 0 Å². The van der Waals surface area contributed by atoms with E-state index < -0.39 is 12.5 Å². The van der Waals surface area contributed by atoms with Crippen molar-refractivity contribution < 1.29 is 8.78 Å². The molecule has 5 heteroatoms. The molecule has 0 fully saturated rings. The Bertz CT molecular complexity index is 306. The first kappa shape index (κ1) is 10.9. The highest BCUT2D eigenvalue weighted by atomic mass is 79.9. The molecule has 2 N–H and O–H groups in total. The molecule has 0 saturated heterocycles. The van der Waals surface area contributed by atoms with Gasteiger partial charge in [-0.2, -0.15) is 0 Å². The zero-order valence-electron chi connectivity index (χ0n) is 6.48. The maximum atomic E-state index is 12.2. The van der Waals surface area contributed by atoms with Gasteiger partial charge in [0.15, 0.2) is 0 Å². The fraction of sp³-hybridized carbons (Fsp3) is 0.250. The van der Waals surface area contributed by atoms with E-state index in [1.807, 2.05) is 0 Å². The summed E-state index contributed by atoms with van der Waals surface area (Å²) < 4.78 is 25.0. The van der Waals surface area contributed by atoms with Crippen molar-refractivity contribution in [1.82, 2.24) is 0 Å². The van der Waals surface area contributed by atoms with E-state index in [0.717, 1.165) is 0 Å². The van der Waals surface area contributed by atoms with E-state index in [9.17, 15) is 8.78 Å².